The first-order chi connectivity index (χ1) is 7.16. The third-order valence-corrected chi connectivity index (χ3v) is 2.28. The highest BCUT2D eigenvalue weighted by Gasteiger charge is 2.10. The second-order valence-electron chi connectivity index (χ2n) is 2.87. The van der Waals surface area contributed by atoms with E-state index >= 15 is 0 Å². The van der Waals surface area contributed by atoms with Gasteiger partial charge in [-0.25, -0.2) is 0 Å². The smallest absolute Gasteiger partial charge is 0.130 e. The predicted octanol–water partition coefficient (Wildman–Crippen LogP) is 2.71. The van der Waals surface area contributed by atoms with Crippen LogP contribution in [0.3, 0.4) is 0 Å². The lowest BCUT2D eigenvalue weighted by Crippen LogP contribution is -2.13. The Balaban J connectivity index is 2.86. The van der Waals surface area contributed by atoms with E-state index in [-0.39, 0.29) is 11.6 Å². The SMILES string of the molecule is NC(=S)c1c(Cl)cccc1OCCCF. The van der Waals surface area contributed by atoms with Crippen molar-refractivity contribution in [2.45, 2.75) is 6.42 Å². The standard InChI is InChI=1S/C10H11ClFNOS/c11-7-3-1-4-8(9(7)10(13)15)14-6-2-5-12/h1,3-4H,2,5-6H2,(H2,13,15). The molecule has 0 unspecified atom stereocenters. The van der Waals surface area contributed by atoms with Gasteiger partial charge in [0.05, 0.1) is 23.9 Å². The van der Waals surface area contributed by atoms with Crippen LogP contribution in [0, 0.1) is 0 Å². The van der Waals surface area contributed by atoms with Gasteiger partial charge in [0.25, 0.3) is 0 Å². The van der Waals surface area contributed by atoms with E-state index in [0.29, 0.717) is 22.8 Å². The van der Waals surface area contributed by atoms with Gasteiger partial charge in [-0.2, -0.15) is 0 Å². The maximum absolute atomic E-state index is 11.9. The van der Waals surface area contributed by atoms with Gasteiger partial charge in [-0.1, -0.05) is 29.9 Å². The molecule has 1 rings (SSSR count). The van der Waals surface area contributed by atoms with E-state index in [4.69, 9.17) is 34.3 Å². The fourth-order valence-corrected chi connectivity index (χ4v) is 1.63. The summed E-state index contributed by atoms with van der Waals surface area (Å²) >= 11 is 10.8. The zero-order chi connectivity index (χ0) is 11.3. The van der Waals surface area contributed by atoms with Crippen molar-refractivity contribution in [2.24, 2.45) is 5.73 Å². The molecule has 15 heavy (non-hydrogen) atoms. The van der Waals surface area contributed by atoms with E-state index in [0.717, 1.165) is 0 Å². The van der Waals surface area contributed by atoms with E-state index in [1.54, 1.807) is 18.2 Å². The molecular weight excluding hydrogens is 237 g/mol. The van der Waals surface area contributed by atoms with Crippen molar-refractivity contribution in [1.82, 2.24) is 0 Å². The average Bonchev–Trinajstić information content (AvgIpc) is 2.17. The molecule has 2 N–H and O–H groups in total. The Morgan fingerprint density at radius 2 is 2.27 bits per heavy atom. The number of benzene rings is 1. The Morgan fingerprint density at radius 1 is 1.53 bits per heavy atom. The van der Waals surface area contributed by atoms with Gasteiger partial charge >= 0.3 is 0 Å². The van der Waals surface area contributed by atoms with E-state index in [1.807, 2.05) is 0 Å². The highest BCUT2D eigenvalue weighted by Crippen LogP contribution is 2.26. The lowest BCUT2D eigenvalue weighted by Gasteiger charge is -2.10. The molecule has 0 bridgehead atoms. The Morgan fingerprint density at radius 3 is 2.87 bits per heavy atom. The Kier molecular flexibility index (Phi) is 4.78. The van der Waals surface area contributed by atoms with Crippen LogP contribution >= 0.6 is 23.8 Å². The van der Waals surface area contributed by atoms with Gasteiger partial charge in [0.15, 0.2) is 0 Å². The molecule has 0 heterocycles. The quantitative estimate of drug-likeness (QED) is 0.642. The molecule has 5 heteroatoms. The first-order valence-electron chi connectivity index (χ1n) is 4.44. The van der Waals surface area contributed by atoms with Crippen LogP contribution in [0.1, 0.15) is 12.0 Å². The van der Waals surface area contributed by atoms with Crippen molar-refractivity contribution < 1.29 is 9.13 Å². The molecular formula is C10H11ClFNOS. The van der Waals surface area contributed by atoms with Crippen molar-refractivity contribution in [1.29, 1.82) is 0 Å². The number of alkyl halides is 1. The first kappa shape index (κ1) is 12.2. The zero-order valence-corrected chi connectivity index (χ0v) is 9.58. The van der Waals surface area contributed by atoms with Crippen LogP contribution in [0.2, 0.25) is 5.02 Å². The molecule has 0 aliphatic heterocycles. The van der Waals surface area contributed by atoms with Crippen molar-refractivity contribution in [3.8, 4) is 5.75 Å². The summed E-state index contributed by atoms with van der Waals surface area (Å²) in [4.78, 5) is 0.177. The topological polar surface area (TPSA) is 35.2 Å². The summed E-state index contributed by atoms with van der Waals surface area (Å²) in [6.45, 7) is -0.130. The van der Waals surface area contributed by atoms with E-state index < -0.39 is 6.67 Å². The van der Waals surface area contributed by atoms with Crippen LogP contribution in [-0.4, -0.2) is 18.3 Å². The summed E-state index contributed by atoms with van der Waals surface area (Å²) < 4.78 is 17.2. The molecule has 0 radical (unpaired) electrons. The van der Waals surface area contributed by atoms with Gasteiger partial charge in [0.2, 0.25) is 0 Å². The third-order valence-electron chi connectivity index (χ3n) is 1.76. The van der Waals surface area contributed by atoms with Crippen LogP contribution in [0.5, 0.6) is 5.75 Å². The molecule has 2 nitrogen and oxygen atoms in total. The minimum atomic E-state index is -0.414. The van der Waals surface area contributed by atoms with Gasteiger partial charge in [0.1, 0.15) is 10.7 Å². The monoisotopic (exact) mass is 247 g/mol. The minimum Gasteiger partial charge on any atom is -0.493 e. The van der Waals surface area contributed by atoms with Crippen LogP contribution in [-0.2, 0) is 0 Å². The molecule has 0 atom stereocenters. The second kappa shape index (κ2) is 5.88. The second-order valence-corrected chi connectivity index (χ2v) is 3.72. The summed E-state index contributed by atoms with van der Waals surface area (Å²) in [5.74, 6) is 0.503. The number of hydrogen-bond acceptors (Lipinski definition) is 2. The van der Waals surface area contributed by atoms with Crippen molar-refractivity contribution in [3.05, 3.63) is 28.8 Å². The zero-order valence-electron chi connectivity index (χ0n) is 8.00. The molecule has 0 aromatic heterocycles. The number of thiocarbonyl (C=S) groups is 1. The molecule has 0 fully saturated rings. The van der Waals surface area contributed by atoms with Crippen molar-refractivity contribution >= 4 is 28.8 Å². The highest BCUT2D eigenvalue weighted by molar-refractivity contribution is 7.80. The molecule has 1 aromatic carbocycles. The van der Waals surface area contributed by atoms with Crippen LogP contribution in [0.25, 0.3) is 0 Å². The summed E-state index contributed by atoms with van der Waals surface area (Å²) in [5.41, 5.74) is 6.02. The van der Waals surface area contributed by atoms with Crippen LogP contribution < -0.4 is 10.5 Å². The fraction of sp³-hybridized carbons (Fsp3) is 0.300. The van der Waals surface area contributed by atoms with E-state index in [1.165, 1.54) is 0 Å². The molecule has 0 aliphatic rings. The van der Waals surface area contributed by atoms with E-state index in [9.17, 15) is 4.39 Å². The molecule has 0 spiro atoms. The fourth-order valence-electron chi connectivity index (χ4n) is 1.10. The molecule has 0 aliphatic carbocycles. The number of ether oxygens (including phenoxy) is 1. The normalized spacial score (nSPS) is 10.0. The van der Waals surface area contributed by atoms with Gasteiger partial charge in [-0.05, 0) is 12.1 Å². The van der Waals surface area contributed by atoms with Gasteiger partial charge in [-0.15, -0.1) is 0 Å². The molecule has 0 saturated heterocycles. The molecule has 1 aromatic rings. The van der Waals surface area contributed by atoms with Crippen molar-refractivity contribution in [2.75, 3.05) is 13.3 Å². The number of halogens is 2. The number of hydrogen-bond donors (Lipinski definition) is 1. The maximum Gasteiger partial charge on any atom is 0.130 e. The van der Waals surface area contributed by atoms with Gasteiger partial charge in [0, 0.05) is 6.42 Å². The largest absolute Gasteiger partial charge is 0.493 e. The molecule has 0 amide bonds. The Hall–Kier alpha value is -0.870. The average molecular weight is 248 g/mol. The van der Waals surface area contributed by atoms with Gasteiger partial charge in [-0.3, -0.25) is 4.39 Å². The third kappa shape index (κ3) is 3.32. The summed E-state index contributed by atoms with van der Waals surface area (Å²) in [7, 11) is 0. The number of rotatable bonds is 5. The van der Waals surface area contributed by atoms with Crippen molar-refractivity contribution in [3.63, 3.8) is 0 Å². The van der Waals surface area contributed by atoms with Gasteiger partial charge < -0.3 is 10.5 Å². The Bertz CT molecular complexity index is 359. The molecule has 0 saturated carbocycles. The minimum absolute atomic E-state index is 0.177. The predicted molar refractivity (Wildman–Crippen MR) is 63.4 cm³/mol. The number of nitrogens with two attached hydrogens (primary N) is 1. The van der Waals surface area contributed by atoms with Crippen LogP contribution in [0.4, 0.5) is 4.39 Å². The first-order valence-corrected chi connectivity index (χ1v) is 5.22. The summed E-state index contributed by atoms with van der Waals surface area (Å²) in [6.07, 6.45) is 0.337. The van der Waals surface area contributed by atoms with E-state index in [2.05, 4.69) is 0 Å². The lowest BCUT2D eigenvalue weighted by molar-refractivity contribution is 0.289. The summed E-state index contributed by atoms with van der Waals surface area (Å²) in [6, 6.07) is 5.12. The van der Waals surface area contributed by atoms with Crippen LogP contribution in [0.15, 0.2) is 18.2 Å². The maximum atomic E-state index is 11.9. The Labute approximate surface area is 98.2 Å². The lowest BCUT2D eigenvalue weighted by atomic mass is 10.2. The summed E-state index contributed by atoms with van der Waals surface area (Å²) in [5, 5.41) is 0.445. The molecule has 82 valence electrons. The highest BCUT2D eigenvalue weighted by atomic mass is 35.5.